The Bertz CT molecular complexity index is 401. The Morgan fingerprint density at radius 3 is 2.68 bits per heavy atom. The molecule has 0 aromatic heterocycles. The van der Waals surface area contributed by atoms with Crippen LogP contribution in [0.2, 0.25) is 0 Å². The average molecular weight is 286 g/mol. The predicted molar refractivity (Wildman–Crippen MR) is 70.6 cm³/mol. The maximum Gasteiger partial charge on any atom is 0.308 e. The molecule has 2 aliphatic rings. The van der Waals surface area contributed by atoms with Crippen molar-refractivity contribution in [3.8, 4) is 0 Å². The van der Waals surface area contributed by atoms with Crippen molar-refractivity contribution in [2.45, 2.75) is 25.8 Å². The number of nitrogens with zero attached hydrogens (tertiary/aromatic N) is 2. The summed E-state index contributed by atoms with van der Waals surface area (Å²) in [4.78, 5) is 38.1. The molecule has 2 aliphatic heterocycles. The molecule has 106 valence electrons. The lowest BCUT2D eigenvalue weighted by Crippen LogP contribution is -2.51. The molecule has 2 fully saturated rings. The molecule has 2 saturated heterocycles. The van der Waals surface area contributed by atoms with Crippen molar-refractivity contribution in [1.29, 1.82) is 0 Å². The van der Waals surface area contributed by atoms with Gasteiger partial charge >= 0.3 is 5.97 Å². The molecule has 0 radical (unpaired) electrons. The smallest absolute Gasteiger partial charge is 0.308 e. The molecule has 7 heteroatoms. The van der Waals surface area contributed by atoms with Gasteiger partial charge in [0.05, 0.1) is 11.8 Å². The maximum absolute atomic E-state index is 12.4. The zero-order valence-corrected chi connectivity index (χ0v) is 11.7. The number of aliphatic carboxylic acids is 1. The van der Waals surface area contributed by atoms with E-state index in [1.54, 1.807) is 21.6 Å². The van der Waals surface area contributed by atoms with Gasteiger partial charge < -0.3 is 14.9 Å². The van der Waals surface area contributed by atoms with Crippen LogP contribution in [0.4, 0.5) is 0 Å². The highest BCUT2D eigenvalue weighted by Gasteiger charge is 2.38. The van der Waals surface area contributed by atoms with E-state index in [2.05, 4.69) is 0 Å². The zero-order chi connectivity index (χ0) is 14.0. The number of hydrogen-bond acceptors (Lipinski definition) is 4. The van der Waals surface area contributed by atoms with E-state index in [0.717, 1.165) is 0 Å². The lowest BCUT2D eigenvalue weighted by Gasteiger charge is -2.34. The summed E-state index contributed by atoms with van der Waals surface area (Å²) in [6, 6.07) is -0.421. The van der Waals surface area contributed by atoms with E-state index in [0.29, 0.717) is 31.0 Å². The van der Waals surface area contributed by atoms with Crippen molar-refractivity contribution in [2.75, 3.05) is 24.7 Å². The molecule has 0 aromatic carbocycles. The molecular weight excluding hydrogens is 268 g/mol. The summed E-state index contributed by atoms with van der Waals surface area (Å²) in [5.41, 5.74) is 0. The predicted octanol–water partition coefficient (Wildman–Crippen LogP) is 0.231. The minimum Gasteiger partial charge on any atom is -0.481 e. The average Bonchev–Trinajstić information content (AvgIpc) is 2.87. The Labute approximate surface area is 116 Å². The van der Waals surface area contributed by atoms with Gasteiger partial charge in [0.25, 0.3) is 0 Å². The first-order chi connectivity index (χ1) is 9.00. The van der Waals surface area contributed by atoms with Crippen LogP contribution in [-0.4, -0.2) is 63.5 Å². The maximum atomic E-state index is 12.4. The summed E-state index contributed by atoms with van der Waals surface area (Å²) < 4.78 is 0. The Kier molecular flexibility index (Phi) is 4.34. The second kappa shape index (κ2) is 5.81. The fourth-order valence-electron chi connectivity index (χ4n) is 2.55. The molecule has 0 unspecified atom stereocenters. The summed E-state index contributed by atoms with van der Waals surface area (Å²) in [5.74, 6) is -0.380. The normalized spacial score (nSPS) is 27.4. The molecule has 6 nitrogen and oxygen atoms in total. The quantitative estimate of drug-likeness (QED) is 0.786. The Hall–Kier alpha value is -1.24. The number of carboxylic acids is 1. The first-order valence-corrected chi connectivity index (χ1v) is 7.52. The van der Waals surface area contributed by atoms with E-state index in [1.807, 2.05) is 0 Å². The zero-order valence-electron chi connectivity index (χ0n) is 10.9. The topological polar surface area (TPSA) is 77.9 Å². The molecule has 0 bridgehead atoms. The summed E-state index contributed by atoms with van der Waals surface area (Å²) in [6.45, 7) is 2.32. The van der Waals surface area contributed by atoms with Crippen molar-refractivity contribution in [3.63, 3.8) is 0 Å². The van der Waals surface area contributed by atoms with Gasteiger partial charge in [-0.05, 0) is 12.8 Å². The summed E-state index contributed by atoms with van der Waals surface area (Å²) in [6.07, 6.45) is 1.33. The van der Waals surface area contributed by atoms with Gasteiger partial charge in [-0.25, -0.2) is 0 Å². The van der Waals surface area contributed by atoms with Gasteiger partial charge in [0.15, 0.2) is 0 Å². The van der Waals surface area contributed by atoms with E-state index in [1.165, 1.54) is 6.92 Å². The van der Waals surface area contributed by atoms with Crippen molar-refractivity contribution in [2.24, 2.45) is 5.92 Å². The largest absolute Gasteiger partial charge is 0.481 e. The number of carbonyl (C=O) groups is 3. The fraction of sp³-hybridized carbons (Fsp3) is 0.750. The van der Waals surface area contributed by atoms with Crippen LogP contribution >= 0.6 is 11.8 Å². The molecule has 2 heterocycles. The molecule has 19 heavy (non-hydrogen) atoms. The molecule has 0 spiro atoms. The van der Waals surface area contributed by atoms with Gasteiger partial charge in [-0.1, -0.05) is 0 Å². The van der Waals surface area contributed by atoms with E-state index in [9.17, 15) is 14.4 Å². The van der Waals surface area contributed by atoms with Crippen molar-refractivity contribution in [3.05, 3.63) is 0 Å². The standard InChI is InChI=1S/C12H18N2O4S/c1-8(15)14-7-19-6-10(14)11(16)13-4-2-3-9(5-13)12(17)18/h9-10H,2-7H2,1H3,(H,17,18)/t9-,10+/m1/s1. The highest BCUT2D eigenvalue weighted by atomic mass is 32.2. The summed E-state index contributed by atoms with van der Waals surface area (Å²) in [7, 11) is 0. The van der Waals surface area contributed by atoms with Crippen molar-refractivity contribution >= 4 is 29.5 Å². The fourth-order valence-corrected chi connectivity index (χ4v) is 3.76. The Morgan fingerprint density at radius 2 is 2.05 bits per heavy atom. The number of carboxylic acid groups (broad SMARTS) is 1. The highest BCUT2D eigenvalue weighted by Crippen LogP contribution is 2.25. The number of thioether (sulfide) groups is 1. The third-order valence-corrected chi connectivity index (χ3v) is 4.67. The van der Waals surface area contributed by atoms with Gasteiger partial charge in [-0.2, -0.15) is 0 Å². The monoisotopic (exact) mass is 286 g/mol. The molecule has 2 amide bonds. The van der Waals surface area contributed by atoms with Crippen LogP contribution in [0, 0.1) is 5.92 Å². The first kappa shape index (κ1) is 14.2. The van der Waals surface area contributed by atoms with Crippen LogP contribution in [0.3, 0.4) is 0 Å². The lowest BCUT2D eigenvalue weighted by molar-refractivity contribution is -0.149. The summed E-state index contributed by atoms with van der Waals surface area (Å²) in [5, 5.41) is 9.04. The van der Waals surface area contributed by atoms with Gasteiger partial charge in [0.2, 0.25) is 11.8 Å². The van der Waals surface area contributed by atoms with E-state index < -0.39 is 17.9 Å². The van der Waals surface area contributed by atoms with E-state index >= 15 is 0 Å². The first-order valence-electron chi connectivity index (χ1n) is 6.37. The Balaban J connectivity index is 2.02. The van der Waals surface area contributed by atoms with Crippen molar-refractivity contribution < 1.29 is 19.5 Å². The van der Waals surface area contributed by atoms with Gasteiger partial charge in [0, 0.05) is 25.8 Å². The number of rotatable bonds is 2. The van der Waals surface area contributed by atoms with Gasteiger partial charge in [-0.3, -0.25) is 14.4 Å². The summed E-state index contributed by atoms with van der Waals surface area (Å²) >= 11 is 1.56. The third-order valence-electron chi connectivity index (χ3n) is 3.65. The van der Waals surface area contributed by atoms with Crippen LogP contribution < -0.4 is 0 Å². The minimum absolute atomic E-state index is 0.102. The Morgan fingerprint density at radius 1 is 1.32 bits per heavy atom. The number of likely N-dealkylation sites (tertiary alicyclic amines) is 1. The molecule has 0 aromatic rings. The van der Waals surface area contributed by atoms with Crippen LogP contribution in [0.5, 0.6) is 0 Å². The lowest BCUT2D eigenvalue weighted by atomic mass is 9.97. The van der Waals surface area contributed by atoms with Crippen molar-refractivity contribution in [1.82, 2.24) is 9.80 Å². The second-order valence-corrected chi connectivity index (χ2v) is 5.97. The van der Waals surface area contributed by atoms with Crippen LogP contribution in [0.1, 0.15) is 19.8 Å². The molecule has 0 aliphatic carbocycles. The number of hydrogen-bond donors (Lipinski definition) is 1. The third kappa shape index (κ3) is 3.02. The molecule has 2 rings (SSSR count). The SMILES string of the molecule is CC(=O)N1CSC[C@H]1C(=O)N1CCC[C@@H](C(=O)O)C1. The second-order valence-electron chi connectivity index (χ2n) is 4.97. The van der Waals surface area contributed by atoms with E-state index in [4.69, 9.17) is 5.11 Å². The molecule has 1 N–H and O–H groups in total. The molecular formula is C12H18N2O4S. The van der Waals surface area contributed by atoms with Crippen LogP contribution in [0.25, 0.3) is 0 Å². The number of piperidine rings is 1. The van der Waals surface area contributed by atoms with Gasteiger partial charge in [0.1, 0.15) is 6.04 Å². The molecule has 0 saturated carbocycles. The number of carbonyl (C=O) groups excluding carboxylic acids is 2. The highest BCUT2D eigenvalue weighted by molar-refractivity contribution is 7.99. The van der Waals surface area contributed by atoms with Crippen LogP contribution in [0.15, 0.2) is 0 Å². The number of amides is 2. The molecule has 2 atom stereocenters. The van der Waals surface area contributed by atoms with Gasteiger partial charge in [-0.15, -0.1) is 11.8 Å². The van der Waals surface area contributed by atoms with E-state index in [-0.39, 0.29) is 18.4 Å². The minimum atomic E-state index is -0.846. The van der Waals surface area contributed by atoms with Crippen LogP contribution in [-0.2, 0) is 14.4 Å².